The first-order chi connectivity index (χ1) is 6.75. The maximum absolute atomic E-state index is 11.3. The van der Waals surface area contributed by atoms with Crippen LogP contribution >= 0.6 is 0 Å². The number of rotatable bonds is 2. The molecule has 3 heteroatoms. The Morgan fingerprint density at radius 2 is 1.64 bits per heavy atom. The zero-order valence-electron chi connectivity index (χ0n) is 7.70. The Kier molecular flexibility index (Phi) is 1.93. The van der Waals surface area contributed by atoms with Crippen molar-refractivity contribution in [2.24, 2.45) is 0 Å². The van der Waals surface area contributed by atoms with Crippen LogP contribution in [-0.2, 0) is 0 Å². The minimum atomic E-state index is -0.425. The van der Waals surface area contributed by atoms with Crippen LogP contribution in [0.3, 0.4) is 0 Å². The van der Waals surface area contributed by atoms with E-state index in [1.807, 2.05) is 30.3 Å². The Labute approximate surface area is 80.7 Å². The highest BCUT2D eigenvalue weighted by atomic mass is 16.2. The van der Waals surface area contributed by atoms with Gasteiger partial charge in [0.05, 0.1) is 11.3 Å². The number of nitrogens with one attached hydrogen (secondary N) is 1. The summed E-state index contributed by atoms with van der Waals surface area (Å²) in [6.07, 6.45) is 0. The van der Waals surface area contributed by atoms with Gasteiger partial charge in [-0.1, -0.05) is 30.3 Å². The van der Waals surface area contributed by atoms with Crippen molar-refractivity contribution in [3.05, 3.63) is 50.8 Å². The minimum Gasteiger partial charge on any atom is -0.384 e. The molecule has 2 rings (SSSR count). The predicted octanol–water partition coefficient (Wildman–Crippen LogP) is 0.991. The van der Waals surface area contributed by atoms with Crippen LogP contribution in [0.4, 0.5) is 5.69 Å². The minimum absolute atomic E-state index is 0.402. The topological polar surface area (TPSA) is 46.2 Å². The zero-order valence-corrected chi connectivity index (χ0v) is 7.70. The molecular weight excluding hydrogens is 178 g/mol. The Bertz CT molecular complexity index is 522. The first kappa shape index (κ1) is 8.69. The van der Waals surface area contributed by atoms with E-state index < -0.39 is 10.9 Å². The molecule has 0 atom stereocenters. The average molecular weight is 187 g/mol. The van der Waals surface area contributed by atoms with Gasteiger partial charge in [-0.15, -0.1) is 0 Å². The summed E-state index contributed by atoms with van der Waals surface area (Å²) in [6, 6.07) is 9.18. The number of hydrogen-bond donors (Lipinski definition) is 1. The molecule has 0 saturated heterocycles. The maximum atomic E-state index is 11.3. The second-order valence-electron chi connectivity index (χ2n) is 3.02. The third kappa shape index (κ3) is 1.06. The van der Waals surface area contributed by atoms with Gasteiger partial charge in [0, 0.05) is 7.05 Å². The highest BCUT2D eigenvalue weighted by Gasteiger charge is 2.20. The molecule has 1 N–H and O–H groups in total. The molecule has 0 aliphatic heterocycles. The molecule has 0 aromatic heterocycles. The Morgan fingerprint density at radius 1 is 1.00 bits per heavy atom. The van der Waals surface area contributed by atoms with Gasteiger partial charge in [0.25, 0.3) is 0 Å². The van der Waals surface area contributed by atoms with Crippen LogP contribution in [0.2, 0.25) is 0 Å². The Hall–Kier alpha value is -1.90. The standard InChI is InChI=1S/C11H9NO2/c1-12-9-8(10(13)11(9)14)7-5-3-2-4-6-7/h2-6,12H,1H3. The first-order valence-corrected chi connectivity index (χ1v) is 4.32. The fourth-order valence-electron chi connectivity index (χ4n) is 1.51. The van der Waals surface area contributed by atoms with Crippen molar-refractivity contribution in [2.75, 3.05) is 12.4 Å². The van der Waals surface area contributed by atoms with Crippen LogP contribution in [-0.4, -0.2) is 7.05 Å². The van der Waals surface area contributed by atoms with E-state index in [0.717, 1.165) is 5.56 Å². The normalized spacial score (nSPS) is 10.4. The summed E-state index contributed by atoms with van der Waals surface area (Å²) < 4.78 is 0. The molecule has 0 aliphatic carbocycles. The lowest BCUT2D eigenvalue weighted by Gasteiger charge is -2.09. The largest absolute Gasteiger partial charge is 0.384 e. The van der Waals surface area contributed by atoms with Crippen LogP contribution in [0.5, 0.6) is 0 Å². The molecule has 70 valence electrons. The van der Waals surface area contributed by atoms with E-state index >= 15 is 0 Å². The second-order valence-corrected chi connectivity index (χ2v) is 3.02. The molecule has 3 nitrogen and oxygen atoms in total. The van der Waals surface area contributed by atoms with Gasteiger partial charge in [-0.05, 0) is 5.56 Å². The average Bonchev–Trinajstić information content (AvgIpc) is 2.25. The fraction of sp³-hybridized carbons (Fsp3) is 0.0909. The highest BCUT2D eigenvalue weighted by molar-refractivity contribution is 5.81. The Morgan fingerprint density at radius 3 is 2.21 bits per heavy atom. The van der Waals surface area contributed by atoms with E-state index in [4.69, 9.17) is 0 Å². The summed E-state index contributed by atoms with van der Waals surface area (Å²) in [5.74, 6) is 0. The molecule has 0 unspecified atom stereocenters. The van der Waals surface area contributed by atoms with Crippen LogP contribution in [0.25, 0.3) is 11.1 Å². The van der Waals surface area contributed by atoms with Gasteiger partial charge < -0.3 is 5.32 Å². The van der Waals surface area contributed by atoms with Crippen molar-refractivity contribution >= 4 is 5.69 Å². The van der Waals surface area contributed by atoms with Crippen LogP contribution in [0, 0.1) is 0 Å². The summed E-state index contributed by atoms with van der Waals surface area (Å²) >= 11 is 0. The number of benzene rings is 1. The van der Waals surface area contributed by atoms with E-state index in [1.54, 1.807) is 7.05 Å². The summed E-state index contributed by atoms with van der Waals surface area (Å²) in [7, 11) is 1.64. The lowest BCUT2D eigenvalue weighted by atomic mass is 9.99. The molecule has 0 spiro atoms. The van der Waals surface area contributed by atoms with Crippen molar-refractivity contribution in [1.82, 2.24) is 0 Å². The van der Waals surface area contributed by atoms with Gasteiger partial charge in [0.1, 0.15) is 0 Å². The molecule has 0 heterocycles. The summed E-state index contributed by atoms with van der Waals surface area (Å²) in [4.78, 5) is 22.4. The van der Waals surface area contributed by atoms with Gasteiger partial charge in [-0.3, -0.25) is 9.59 Å². The van der Waals surface area contributed by atoms with Gasteiger partial charge in [0.15, 0.2) is 0 Å². The molecule has 0 bridgehead atoms. The SMILES string of the molecule is CNc1c(-c2ccccc2)c(=O)c1=O. The molecule has 0 fully saturated rings. The Balaban J connectivity index is 2.60. The van der Waals surface area contributed by atoms with Crippen molar-refractivity contribution < 1.29 is 0 Å². The predicted molar refractivity (Wildman–Crippen MR) is 56.3 cm³/mol. The second kappa shape index (κ2) is 3.10. The molecule has 0 aliphatic rings. The van der Waals surface area contributed by atoms with Crippen LogP contribution in [0.1, 0.15) is 0 Å². The zero-order chi connectivity index (χ0) is 10.1. The fourth-order valence-corrected chi connectivity index (χ4v) is 1.51. The van der Waals surface area contributed by atoms with Gasteiger partial charge in [0.2, 0.25) is 10.9 Å². The quantitative estimate of drug-likeness (QED) is 0.713. The lowest BCUT2D eigenvalue weighted by Crippen LogP contribution is -2.35. The number of anilines is 1. The monoisotopic (exact) mass is 187 g/mol. The lowest BCUT2D eigenvalue weighted by molar-refractivity contribution is 1.35. The van der Waals surface area contributed by atoms with Gasteiger partial charge in [-0.2, -0.15) is 0 Å². The summed E-state index contributed by atoms with van der Waals surface area (Å²) in [5.41, 5.74) is 0.882. The van der Waals surface area contributed by atoms with Crippen molar-refractivity contribution in [3.8, 4) is 11.1 Å². The third-order valence-electron chi connectivity index (χ3n) is 2.22. The first-order valence-electron chi connectivity index (χ1n) is 4.32. The van der Waals surface area contributed by atoms with E-state index in [-0.39, 0.29) is 0 Å². The molecule has 2 aromatic rings. The van der Waals surface area contributed by atoms with Crippen molar-refractivity contribution in [2.45, 2.75) is 0 Å². The maximum Gasteiger partial charge on any atom is 0.250 e. The van der Waals surface area contributed by atoms with E-state index in [9.17, 15) is 9.59 Å². The number of hydrogen-bond acceptors (Lipinski definition) is 3. The van der Waals surface area contributed by atoms with Gasteiger partial charge in [-0.25, -0.2) is 0 Å². The van der Waals surface area contributed by atoms with E-state index in [2.05, 4.69) is 5.32 Å². The van der Waals surface area contributed by atoms with Crippen molar-refractivity contribution in [1.29, 1.82) is 0 Å². The third-order valence-corrected chi connectivity index (χ3v) is 2.22. The van der Waals surface area contributed by atoms with Crippen LogP contribution < -0.4 is 16.2 Å². The molecule has 0 saturated carbocycles. The van der Waals surface area contributed by atoms with E-state index in [0.29, 0.717) is 11.3 Å². The molecule has 0 radical (unpaired) electrons. The van der Waals surface area contributed by atoms with Crippen molar-refractivity contribution in [3.63, 3.8) is 0 Å². The summed E-state index contributed by atoms with van der Waals surface area (Å²) in [6.45, 7) is 0. The molecule has 2 aromatic carbocycles. The van der Waals surface area contributed by atoms with Crippen LogP contribution in [0.15, 0.2) is 39.9 Å². The summed E-state index contributed by atoms with van der Waals surface area (Å²) in [5, 5.41) is 2.74. The molecular formula is C11H9NO2. The molecule has 0 amide bonds. The highest BCUT2D eigenvalue weighted by Crippen LogP contribution is 2.22. The van der Waals surface area contributed by atoms with Gasteiger partial charge >= 0.3 is 0 Å². The molecule has 14 heavy (non-hydrogen) atoms. The van der Waals surface area contributed by atoms with E-state index in [1.165, 1.54) is 0 Å². The smallest absolute Gasteiger partial charge is 0.250 e.